The maximum Gasteiger partial charge on any atom is 0.355 e. The standard InChI is InChI=1S/C4H10O6/c1-5-8-4(9-6-2)10-7-3/h4H,1-3H3. The van der Waals surface area contributed by atoms with Crippen LogP contribution in [0.25, 0.3) is 0 Å². The van der Waals surface area contributed by atoms with Gasteiger partial charge >= 0.3 is 6.48 Å². The molecule has 0 amide bonds. The normalized spacial score (nSPS) is 10.8. The van der Waals surface area contributed by atoms with Crippen molar-refractivity contribution < 1.29 is 29.3 Å². The lowest BCUT2D eigenvalue weighted by molar-refractivity contribution is -0.565. The third kappa shape index (κ3) is 4.62. The van der Waals surface area contributed by atoms with Gasteiger partial charge in [0.25, 0.3) is 0 Å². The average Bonchev–Trinajstić information content (AvgIpc) is 1.90. The number of hydrogen-bond acceptors (Lipinski definition) is 6. The van der Waals surface area contributed by atoms with Gasteiger partial charge in [-0.25, -0.2) is 14.7 Å². The predicted octanol–water partition coefficient (Wildman–Crippen LogP) is 0.00400. The van der Waals surface area contributed by atoms with Gasteiger partial charge in [-0.3, -0.25) is 0 Å². The molecule has 0 aliphatic heterocycles. The molecule has 0 rings (SSSR count). The highest BCUT2D eigenvalue weighted by molar-refractivity contribution is 3.98. The maximum atomic E-state index is 4.33. The van der Waals surface area contributed by atoms with Crippen molar-refractivity contribution in [3.63, 3.8) is 0 Å². The lowest BCUT2D eigenvalue weighted by atomic mass is 11.3. The first-order valence-electron chi connectivity index (χ1n) is 2.43. The van der Waals surface area contributed by atoms with E-state index in [-0.39, 0.29) is 0 Å². The molecule has 10 heavy (non-hydrogen) atoms. The fourth-order valence-corrected chi connectivity index (χ4v) is 0.284. The van der Waals surface area contributed by atoms with Crippen molar-refractivity contribution in [1.29, 1.82) is 0 Å². The topological polar surface area (TPSA) is 55.4 Å². The highest BCUT2D eigenvalue weighted by Gasteiger charge is 2.10. The first kappa shape index (κ1) is 9.76. The van der Waals surface area contributed by atoms with E-state index >= 15 is 0 Å². The van der Waals surface area contributed by atoms with Gasteiger partial charge in [-0.2, -0.15) is 14.7 Å². The SMILES string of the molecule is COOC(OOC)OOC. The van der Waals surface area contributed by atoms with Crippen LogP contribution in [0.3, 0.4) is 0 Å². The Morgan fingerprint density at radius 3 is 1.20 bits per heavy atom. The Balaban J connectivity index is 3.30. The van der Waals surface area contributed by atoms with Crippen LogP contribution >= 0.6 is 0 Å². The average molecular weight is 154 g/mol. The number of hydrogen-bond donors (Lipinski definition) is 0. The van der Waals surface area contributed by atoms with E-state index in [9.17, 15) is 0 Å². The Bertz CT molecular complexity index is 52.5. The van der Waals surface area contributed by atoms with E-state index < -0.39 is 6.48 Å². The second-order valence-corrected chi connectivity index (χ2v) is 1.08. The van der Waals surface area contributed by atoms with Crippen molar-refractivity contribution in [2.75, 3.05) is 21.3 Å². The molecule has 0 N–H and O–H groups in total. The van der Waals surface area contributed by atoms with Crippen LogP contribution in [-0.2, 0) is 29.3 Å². The molecule has 0 atom stereocenters. The third-order valence-electron chi connectivity index (χ3n) is 0.524. The van der Waals surface area contributed by atoms with Crippen LogP contribution in [0.2, 0.25) is 0 Å². The summed E-state index contributed by atoms with van der Waals surface area (Å²) in [5.74, 6) is 0. The second kappa shape index (κ2) is 6.87. The van der Waals surface area contributed by atoms with Crippen LogP contribution in [0.1, 0.15) is 0 Å². The minimum absolute atomic E-state index is 1.14. The van der Waals surface area contributed by atoms with Crippen LogP contribution in [0, 0.1) is 0 Å². The molecular formula is C4H10O6. The van der Waals surface area contributed by atoms with Gasteiger partial charge in [0.15, 0.2) is 0 Å². The lowest BCUT2D eigenvalue weighted by Gasteiger charge is -2.10. The van der Waals surface area contributed by atoms with Crippen molar-refractivity contribution >= 4 is 0 Å². The van der Waals surface area contributed by atoms with E-state index in [0.29, 0.717) is 0 Å². The fourth-order valence-electron chi connectivity index (χ4n) is 0.284. The molecule has 0 bridgehead atoms. The quantitative estimate of drug-likeness (QED) is 0.305. The fraction of sp³-hybridized carbons (Fsp3) is 1.00. The molecule has 0 aliphatic rings. The summed E-state index contributed by atoms with van der Waals surface area (Å²) in [6.45, 7) is -1.14. The zero-order chi connectivity index (χ0) is 7.82. The van der Waals surface area contributed by atoms with Crippen LogP contribution in [-0.4, -0.2) is 27.8 Å². The molecule has 0 heterocycles. The summed E-state index contributed by atoms with van der Waals surface area (Å²) in [5.41, 5.74) is 0. The zero-order valence-electron chi connectivity index (χ0n) is 6.03. The Hall–Kier alpha value is -0.240. The van der Waals surface area contributed by atoms with Crippen LogP contribution < -0.4 is 0 Å². The maximum absolute atomic E-state index is 4.33. The van der Waals surface area contributed by atoms with Gasteiger partial charge in [-0.1, -0.05) is 0 Å². The van der Waals surface area contributed by atoms with Gasteiger partial charge in [0, 0.05) is 0 Å². The molecule has 0 spiro atoms. The molecule has 0 saturated carbocycles. The Morgan fingerprint density at radius 1 is 0.700 bits per heavy atom. The first-order valence-corrected chi connectivity index (χ1v) is 2.43. The van der Waals surface area contributed by atoms with Crippen molar-refractivity contribution in [3.05, 3.63) is 0 Å². The molecule has 0 unspecified atom stereocenters. The van der Waals surface area contributed by atoms with E-state index in [4.69, 9.17) is 0 Å². The smallest absolute Gasteiger partial charge is 0.235 e. The predicted molar refractivity (Wildman–Crippen MR) is 28.1 cm³/mol. The van der Waals surface area contributed by atoms with Crippen LogP contribution in [0.15, 0.2) is 0 Å². The molecule has 6 heteroatoms. The molecule has 0 fully saturated rings. The van der Waals surface area contributed by atoms with E-state index in [1.165, 1.54) is 21.3 Å². The second-order valence-electron chi connectivity index (χ2n) is 1.08. The summed E-state index contributed by atoms with van der Waals surface area (Å²) < 4.78 is 0. The summed E-state index contributed by atoms with van der Waals surface area (Å²) in [5, 5.41) is 0. The van der Waals surface area contributed by atoms with Crippen molar-refractivity contribution in [1.82, 2.24) is 0 Å². The number of rotatable bonds is 6. The first-order chi connectivity index (χ1) is 4.85. The minimum Gasteiger partial charge on any atom is -0.235 e. The zero-order valence-corrected chi connectivity index (χ0v) is 6.03. The highest BCUT2D eigenvalue weighted by Crippen LogP contribution is 1.96. The summed E-state index contributed by atoms with van der Waals surface area (Å²) in [7, 11) is 3.89. The van der Waals surface area contributed by atoms with Gasteiger partial charge in [0.2, 0.25) is 0 Å². The van der Waals surface area contributed by atoms with Crippen molar-refractivity contribution in [2.45, 2.75) is 6.48 Å². The molecule has 0 aromatic heterocycles. The molecular weight excluding hydrogens is 144 g/mol. The third-order valence-corrected chi connectivity index (χ3v) is 0.524. The Kier molecular flexibility index (Phi) is 6.71. The molecule has 0 aromatic carbocycles. The minimum atomic E-state index is -1.14. The molecule has 62 valence electrons. The molecule has 0 radical (unpaired) electrons. The van der Waals surface area contributed by atoms with Crippen LogP contribution in [0.5, 0.6) is 0 Å². The van der Waals surface area contributed by atoms with Crippen molar-refractivity contribution in [2.24, 2.45) is 0 Å². The van der Waals surface area contributed by atoms with Gasteiger partial charge in [0.1, 0.15) is 0 Å². The Morgan fingerprint density at radius 2 is 1.00 bits per heavy atom. The monoisotopic (exact) mass is 154 g/mol. The Labute approximate surface area is 58.3 Å². The van der Waals surface area contributed by atoms with Gasteiger partial charge in [-0.05, 0) is 0 Å². The highest BCUT2D eigenvalue weighted by atomic mass is 17.4. The molecule has 0 aromatic rings. The van der Waals surface area contributed by atoms with E-state index in [1.54, 1.807) is 0 Å². The summed E-state index contributed by atoms with van der Waals surface area (Å²) in [4.78, 5) is 25.6. The van der Waals surface area contributed by atoms with E-state index in [2.05, 4.69) is 29.3 Å². The summed E-state index contributed by atoms with van der Waals surface area (Å²) >= 11 is 0. The largest absolute Gasteiger partial charge is 0.355 e. The summed E-state index contributed by atoms with van der Waals surface area (Å²) in [6.07, 6.45) is 0. The molecule has 0 saturated heterocycles. The van der Waals surface area contributed by atoms with Crippen LogP contribution in [0.4, 0.5) is 0 Å². The van der Waals surface area contributed by atoms with Gasteiger partial charge < -0.3 is 0 Å². The van der Waals surface area contributed by atoms with Gasteiger partial charge in [0.05, 0.1) is 21.3 Å². The molecule has 6 nitrogen and oxygen atoms in total. The van der Waals surface area contributed by atoms with Gasteiger partial charge in [-0.15, -0.1) is 0 Å². The summed E-state index contributed by atoms with van der Waals surface area (Å²) in [6, 6.07) is 0. The van der Waals surface area contributed by atoms with E-state index in [0.717, 1.165) is 0 Å². The lowest BCUT2D eigenvalue weighted by Crippen LogP contribution is -2.19. The van der Waals surface area contributed by atoms with E-state index in [1.807, 2.05) is 0 Å². The molecule has 0 aliphatic carbocycles. The van der Waals surface area contributed by atoms with Crippen molar-refractivity contribution in [3.8, 4) is 0 Å².